The fourth-order valence-electron chi connectivity index (χ4n) is 2.03. The highest BCUT2D eigenvalue weighted by molar-refractivity contribution is 7.89. The van der Waals surface area contributed by atoms with Gasteiger partial charge in [0.25, 0.3) is 0 Å². The molecule has 0 heterocycles. The van der Waals surface area contributed by atoms with Crippen molar-refractivity contribution in [1.82, 2.24) is 4.31 Å². The average Bonchev–Trinajstić information content (AvgIpc) is 2.56. The molecule has 1 amide bonds. The number of ether oxygens (including phenoxy) is 1. The third-order valence-electron chi connectivity index (χ3n) is 3.35. The third-order valence-corrected chi connectivity index (χ3v) is 5.47. The molecule has 2 aromatic carbocycles. The van der Waals surface area contributed by atoms with Gasteiger partial charge in [0.05, 0.1) is 29.3 Å². The molecule has 2 aromatic rings. The molecule has 0 aromatic heterocycles. The summed E-state index contributed by atoms with van der Waals surface area (Å²) in [5, 5.41) is 2.86. The van der Waals surface area contributed by atoms with Gasteiger partial charge in [0.15, 0.2) is 11.6 Å². The number of anilines is 1. The Morgan fingerprint density at radius 1 is 1.28 bits per heavy atom. The molecule has 0 saturated carbocycles. The van der Waals surface area contributed by atoms with E-state index in [1.807, 2.05) is 0 Å². The van der Waals surface area contributed by atoms with Crippen molar-refractivity contribution in [2.75, 3.05) is 26.0 Å². The number of rotatable bonds is 6. The lowest BCUT2D eigenvalue weighted by atomic mass is 10.3. The lowest BCUT2D eigenvalue weighted by Crippen LogP contribution is -2.35. The Morgan fingerprint density at radius 2 is 1.96 bits per heavy atom. The number of carbonyl (C=O) groups excluding carboxylic acids is 1. The Morgan fingerprint density at radius 3 is 2.56 bits per heavy atom. The second-order valence-electron chi connectivity index (χ2n) is 5.09. The van der Waals surface area contributed by atoms with Crippen molar-refractivity contribution in [3.8, 4) is 5.75 Å². The Bertz CT molecular complexity index is 889. The van der Waals surface area contributed by atoms with E-state index in [1.165, 1.54) is 26.3 Å². The number of carbonyl (C=O) groups is 1. The molecule has 0 saturated heterocycles. The second kappa shape index (κ2) is 7.81. The van der Waals surface area contributed by atoms with E-state index < -0.39 is 28.3 Å². The van der Waals surface area contributed by atoms with Crippen LogP contribution in [0.1, 0.15) is 0 Å². The summed E-state index contributed by atoms with van der Waals surface area (Å²) < 4.78 is 44.2. The first kappa shape index (κ1) is 19.2. The van der Waals surface area contributed by atoms with Gasteiger partial charge in [-0.1, -0.05) is 23.7 Å². The summed E-state index contributed by atoms with van der Waals surface area (Å²) in [7, 11) is -1.54. The molecule has 1 N–H and O–H groups in total. The van der Waals surface area contributed by atoms with E-state index in [9.17, 15) is 17.6 Å². The fraction of sp³-hybridized carbons (Fsp3) is 0.188. The fourth-order valence-corrected chi connectivity index (χ4v) is 3.35. The van der Waals surface area contributed by atoms with Gasteiger partial charge in [-0.25, -0.2) is 12.8 Å². The first-order valence-electron chi connectivity index (χ1n) is 7.10. The van der Waals surface area contributed by atoms with E-state index >= 15 is 0 Å². The van der Waals surface area contributed by atoms with Gasteiger partial charge in [-0.2, -0.15) is 4.31 Å². The van der Waals surface area contributed by atoms with Gasteiger partial charge in [0, 0.05) is 7.05 Å². The van der Waals surface area contributed by atoms with E-state index in [4.69, 9.17) is 16.3 Å². The molecule has 0 atom stereocenters. The molecule has 0 aliphatic heterocycles. The van der Waals surface area contributed by atoms with Crippen LogP contribution < -0.4 is 10.1 Å². The number of para-hydroxylation sites is 1. The van der Waals surface area contributed by atoms with Gasteiger partial charge in [-0.15, -0.1) is 0 Å². The monoisotopic (exact) mass is 386 g/mol. The zero-order chi connectivity index (χ0) is 18.6. The molecule has 6 nitrogen and oxygen atoms in total. The van der Waals surface area contributed by atoms with Gasteiger partial charge in [-0.3, -0.25) is 4.79 Å². The van der Waals surface area contributed by atoms with Gasteiger partial charge in [0.2, 0.25) is 15.9 Å². The third kappa shape index (κ3) is 4.47. The molecule has 134 valence electrons. The van der Waals surface area contributed by atoms with E-state index in [0.29, 0.717) is 10.7 Å². The van der Waals surface area contributed by atoms with Crippen molar-refractivity contribution in [2.45, 2.75) is 4.90 Å². The molecule has 0 aliphatic rings. The van der Waals surface area contributed by atoms with Crippen molar-refractivity contribution in [1.29, 1.82) is 0 Å². The predicted octanol–water partition coefficient (Wildman–Crippen LogP) is 2.75. The summed E-state index contributed by atoms with van der Waals surface area (Å²) in [6.07, 6.45) is 0. The topological polar surface area (TPSA) is 75.7 Å². The molecule has 0 radical (unpaired) electrons. The molecule has 0 spiro atoms. The van der Waals surface area contributed by atoms with Crippen LogP contribution in [-0.4, -0.2) is 39.3 Å². The van der Waals surface area contributed by atoms with Crippen LogP contribution in [0.4, 0.5) is 10.1 Å². The van der Waals surface area contributed by atoms with E-state index in [2.05, 4.69) is 5.32 Å². The smallest absolute Gasteiger partial charge is 0.243 e. The first-order chi connectivity index (χ1) is 11.8. The highest BCUT2D eigenvalue weighted by Gasteiger charge is 2.24. The van der Waals surface area contributed by atoms with Crippen LogP contribution in [-0.2, 0) is 14.8 Å². The molecule has 0 unspecified atom stereocenters. The van der Waals surface area contributed by atoms with E-state index in [1.54, 1.807) is 24.3 Å². The zero-order valence-corrected chi connectivity index (χ0v) is 15.1. The summed E-state index contributed by atoms with van der Waals surface area (Å²) in [6, 6.07) is 9.83. The van der Waals surface area contributed by atoms with Crippen LogP contribution in [0.3, 0.4) is 0 Å². The quantitative estimate of drug-likeness (QED) is 0.828. The summed E-state index contributed by atoms with van der Waals surface area (Å²) >= 11 is 5.94. The van der Waals surface area contributed by atoms with Crippen LogP contribution >= 0.6 is 11.6 Å². The van der Waals surface area contributed by atoms with E-state index in [0.717, 1.165) is 10.4 Å². The number of hydrogen-bond donors (Lipinski definition) is 1. The van der Waals surface area contributed by atoms with Crippen molar-refractivity contribution >= 4 is 33.2 Å². The summed E-state index contributed by atoms with van der Waals surface area (Å²) in [4.78, 5) is 11.8. The molecule has 25 heavy (non-hydrogen) atoms. The maximum Gasteiger partial charge on any atom is 0.243 e. The Hall–Kier alpha value is -2.16. The van der Waals surface area contributed by atoms with Gasteiger partial charge < -0.3 is 10.1 Å². The number of methoxy groups -OCH3 is 1. The standard InChI is InChI=1S/C16H16ClFN2O4S/c1-20(10-16(21)19-14-6-4-3-5-12(14)17)25(22,23)11-7-8-15(24-2)13(18)9-11/h3-9H,10H2,1-2H3,(H,19,21). The molecule has 9 heteroatoms. The van der Waals surface area contributed by atoms with Gasteiger partial charge >= 0.3 is 0 Å². The van der Waals surface area contributed by atoms with Crippen LogP contribution in [0.5, 0.6) is 5.75 Å². The highest BCUT2D eigenvalue weighted by atomic mass is 35.5. The SMILES string of the molecule is COc1ccc(S(=O)(=O)N(C)CC(=O)Nc2ccccc2Cl)cc1F. The zero-order valence-electron chi connectivity index (χ0n) is 13.5. The number of benzene rings is 2. The minimum Gasteiger partial charge on any atom is -0.494 e. The van der Waals surface area contributed by atoms with Crippen molar-refractivity contribution in [2.24, 2.45) is 0 Å². The van der Waals surface area contributed by atoms with Crippen molar-refractivity contribution in [3.05, 3.63) is 53.3 Å². The number of nitrogens with one attached hydrogen (secondary N) is 1. The molecule has 0 bridgehead atoms. The molecule has 0 aliphatic carbocycles. The van der Waals surface area contributed by atoms with Crippen LogP contribution in [0.25, 0.3) is 0 Å². The van der Waals surface area contributed by atoms with Crippen LogP contribution in [0, 0.1) is 5.82 Å². The van der Waals surface area contributed by atoms with Gasteiger partial charge in [0.1, 0.15) is 0 Å². The summed E-state index contributed by atoms with van der Waals surface area (Å²) in [5.41, 5.74) is 0.371. The van der Waals surface area contributed by atoms with Crippen LogP contribution in [0.2, 0.25) is 5.02 Å². The number of halogens is 2. The maximum absolute atomic E-state index is 13.7. The van der Waals surface area contributed by atoms with Gasteiger partial charge in [-0.05, 0) is 30.3 Å². The minimum absolute atomic E-state index is 0.0712. The average molecular weight is 387 g/mol. The lowest BCUT2D eigenvalue weighted by Gasteiger charge is -2.17. The largest absolute Gasteiger partial charge is 0.494 e. The Kier molecular flexibility index (Phi) is 5.99. The number of likely N-dealkylation sites (N-methyl/N-ethyl adjacent to an activating group) is 1. The molecular weight excluding hydrogens is 371 g/mol. The van der Waals surface area contributed by atoms with Crippen molar-refractivity contribution < 1.29 is 22.3 Å². The summed E-state index contributed by atoms with van der Waals surface area (Å²) in [6.45, 7) is -0.457. The normalized spacial score (nSPS) is 11.4. The van der Waals surface area contributed by atoms with E-state index in [-0.39, 0.29) is 10.6 Å². The number of sulfonamides is 1. The molecule has 2 rings (SSSR count). The highest BCUT2D eigenvalue weighted by Crippen LogP contribution is 2.23. The molecule has 0 fully saturated rings. The Labute approximate surface area is 150 Å². The predicted molar refractivity (Wildman–Crippen MR) is 92.8 cm³/mol. The number of amides is 1. The maximum atomic E-state index is 13.7. The number of hydrogen-bond acceptors (Lipinski definition) is 4. The first-order valence-corrected chi connectivity index (χ1v) is 8.91. The summed E-state index contributed by atoms with van der Waals surface area (Å²) in [5.74, 6) is -1.45. The van der Waals surface area contributed by atoms with Crippen LogP contribution in [0.15, 0.2) is 47.4 Å². The second-order valence-corrected chi connectivity index (χ2v) is 7.54. The minimum atomic E-state index is -4.04. The lowest BCUT2D eigenvalue weighted by molar-refractivity contribution is -0.116. The number of nitrogens with zero attached hydrogens (tertiary/aromatic N) is 1. The molecular formula is C16H16ClFN2O4S. The Balaban J connectivity index is 2.13. The van der Waals surface area contributed by atoms with Crippen molar-refractivity contribution in [3.63, 3.8) is 0 Å².